The molecule has 0 amide bonds. The third kappa shape index (κ3) is 6.10. The average Bonchev–Trinajstić information content (AvgIpc) is 3.30. The maximum absolute atomic E-state index is 4.62. The molecule has 3 heterocycles. The monoisotopic (exact) mass is 534 g/mol. The zero-order valence-corrected chi connectivity index (χ0v) is 21.0. The van der Waals surface area contributed by atoms with Gasteiger partial charge in [-0.2, -0.15) is 0 Å². The number of nitrogens with one attached hydrogen (secondary N) is 1. The molecular weight excluding hydrogens is 499 g/mol. The summed E-state index contributed by atoms with van der Waals surface area (Å²) in [5, 5.41) is 3.57. The zero-order valence-electron chi connectivity index (χ0n) is 18.7. The molecule has 31 heavy (non-hydrogen) atoms. The van der Waals surface area contributed by atoms with E-state index < -0.39 is 0 Å². The summed E-state index contributed by atoms with van der Waals surface area (Å²) in [6.45, 7) is 10.5. The van der Waals surface area contributed by atoms with Gasteiger partial charge in [0.05, 0.1) is 0 Å². The van der Waals surface area contributed by atoms with Gasteiger partial charge < -0.3 is 20.0 Å². The Morgan fingerprint density at radius 2 is 1.87 bits per heavy atom. The molecule has 2 fully saturated rings. The van der Waals surface area contributed by atoms with Crippen molar-refractivity contribution >= 4 is 35.8 Å². The Balaban J connectivity index is 0.00000272. The number of piperazine rings is 1. The molecule has 0 spiro atoms. The Hall–Kier alpha value is -1.87. The fourth-order valence-corrected chi connectivity index (χ4v) is 4.50. The minimum Gasteiger partial charge on any atom is -0.354 e. The van der Waals surface area contributed by atoms with Gasteiger partial charge in [-0.05, 0) is 36.2 Å². The highest BCUT2D eigenvalue weighted by Crippen LogP contribution is 2.27. The first kappa shape index (κ1) is 23.8. The number of aliphatic imine (C=N–C) groups is 1. The van der Waals surface area contributed by atoms with Crippen molar-refractivity contribution in [2.75, 3.05) is 57.8 Å². The van der Waals surface area contributed by atoms with Crippen LogP contribution in [0.1, 0.15) is 30.4 Å². The summed E-state index contributed by atoms with van der Waals surface area (Å²) in [5.74, 6) is 2.66. The number of anilines is 1. The second kappa shape index (κ2) is 11.7. The maximum atomic E-state index is 4.62. The quantitative estimate of drug-likeness (QED) is 0.362. The van der Waals surface area contributed by atoms with Crippen molar-refractivity contribution in [1.82, 2.24) is 20.1 Å². The lowest BCUT2D eigenvalue weighted by Crippen LogP contribution is -2.46. The predicted octanol–water partition coefficient (Wildman–Crippen LogP) is 3.41. The molecule has 0 bridgehead atoms. The topological polar surface area (TPSA) is 47.0 Å². The van der Waals surface area contributed by atoms with Crippen LogP contribution in [-0.4, -0.2) is 73.6 Å². The summed E-state index contributed by atoms with van der Waals surface area (Å²) < 4.78 is 0. The summed E-state index contributed by atoms with van der Waals surface area (Å²) in [6, 6.07) is 15.2. The van der Waals surface area contributed by atoms with Crippen LogP contribution < -0.4 is 10.2 Å². The molecule has 1 atom stereocenters. The first-order valence-electron chi connectivity index (χ1n) is 11.2. The molecule has 2 aromatic rings. The summed E-state index contributed by atoms with van der Waals surface area (Å²) in [6.07, 6.45) is 3.11. The summed E-state index contributed by atoms with van der Waals surface area (Å²) >= 11 is 0. The van der Waals surface area contributed by atoms with E-state index in [4.69, 9.17) is 0 Å². The SMILES string of the molecule is CCN1CCN(c2cc(CNC(=NC)N3CCC(c4ccccc4)C3)ccn2)CC1.I. The standard InChI is InChI=1S/C24H34N6.HI/c1-3-28-13-15-29(16-14-28)23-17-20(9-11-26-23)18-27-24(25-2)30-12-10-22(19-30)21-7-5-4-6-8-21;/h4-9,11,17,22H,3,10,12-16,18-19H2,1-2H3,(H,25,27);1H. The van der Waals surface area contributed by atoms with Gasteiger partial charge in [-0.15, -0.1) is 24.0 Å². The van der Waals surface area contributed by atoms with Gasteiger partial charge in [0, 0.05) is 65.0 Å². The number of hydrogen-bond donors (Lipinski definition) is 1. The van der Waals surface area contributed by atoms with Crippen LogP contribution >= 0.6 is 24.0 Å². The molecule has 2 aliphatic rings. The Morgan fingerprint density at radius 1 is 1.10 bits per heavy atom. The second-order valence-electron chi connectivity index (χ2n) is 8.19. The van der Waals surface area contributed by atoms with Crippen molar-refractivity contribution < 1.29 is 0 Å². The molecule has 1 unspecified atom stereocenters. The molecule has 2 aliphatic heterocycles. The Kier molecular flexibility index (Phi) is 8.95. The molecule has 6 nitrogen and oxygen atoms in total. The number of guanidine groups is 1. The van der Waals surface area contributed by atoms with Crippen LogP contribution in [0.2, 0.25) is 0 Å². The molecule has 4 rings (SSSR count). The second-order valence-corrected chi connectivity index (χ2v) is 8.19. The van der Waals surface area contributed by atoms with E-state index in [0.717, 1.165) is 64.1 Å². The van der Waals surface area contributed by atoms with E-state index in [1.807, 2.05) is 13.2 Å². The third-order valence-corrected chi connectivity index (χ3v) is 6.37. The molecule has 2 saturated heterocycles. The van der Waals surface area contributed by atoms with Crippen molar-refractivity contribution in [1.29, 1.82) is 0 Å². The van der Waals surface area contributed by atoms with Crippen LogP contribution in [0, 0.1) is 0 Å². The summed E-state index contributed by atoms with van der Waals surface area (Å²) in [5.41, 5.74) is 2.68. The van der Waals surface area contributed by atoms with E-state index in [1.165, 1.54) is 17.5 Å². The van der Waals surface area contributed by atoms with E-state index in [9.17, 15) is 0 Å². The normalized spacial score (nSPS) is 19.9. The molecule has 1 N–H and O–H groups in total. The Morgan fingerprint density at radius 3 is 2.58 bits per heavy atom. The minimum atomic E-state index is 0. The van der Waals surface area contributed by atoms with Gasteiger partial charge >= 0.3 is 0 Å². The number of likely N-dealkylation sites (N-methyl/N-ethyl adjacent to an activating group) is 1. The van der Waals surface area contributed by atoms with Gasteiger partial charge in [0.1, 0.15) is 5.82 Å². The van der Waals surface area contributed by atoms with Crippen LogP contribution in [0.4, 0.5) is 5.82 Å². The Bertz CT molecular complexity index is 835. The van der Waals surface area contributed by atoms with E-state index in [0.29, 0.717) is 5.92 Å². The fourth-order valence-electron chi connectivity index (χ4n) is 4.50. The van der Waals surface area contributed by atoms with Crippen molar-refractivity contribution in [2.24, 2.45) is 4.99 Å². The van der Waals surface area contributed by atoms with Gasteiger partial charge in [0.15, 0.2) is 5.96 Å². The molecule has 0 saturated carbocycles. The lowest BCUT2D eigenvalue weighted by atomic mass is 9.99. The molecular formula is C24H35IN6. The van der Waals surface area contributed by atoms with Crippen LogP contribution in [0.5, 0.6) is 0 Å². The lowest BCUT2D eigenvalue weighted by Gasteiger charge is -2.34. The number of halogens is 1. The van der Waals surface area contributed by atoms with E-state index in [2.05, 4.69) is 79.4 Å². The highest BCUT2D eigenvalue weighted by atomic mass is 127. The van der Waals surface area contributed by atoms with E-state index in [-0.39, 0.29) is 24.0 Å². The zero-order chi connectivity index (χ0) is 20.8. The summed E-state index contributed by atoms with van der Waals surface area (Å²) in [7, 11) is 1.88. The van der Waals surface area contributed by atoms with Gasteiger partial charge in [-0.25, -0.2) is 4.98 Å². The Labute approximate surface area is 203 Å². The van der Waals surface area contributed by atoms with Gasteiger partial charge in [-0.3, -0.25) is 4.99 Å². The average molecular weight is 534 g/mol. The molecule has 7 heteroatoms. The van der Waals surface area contributed by atoms with Crippen LogP contribution in [0.3, 0.4) is 0 Å². The molecule has 1 aromatic carbocycles. The third-order valence-electron chi connectivity index (χ3n) is 6.37. The number of rotatable bonds is 5. The number of aromatic nitrogens is 1. The molecule has 168 valence electrons. The highest BCUT2D eigenvalue weighted by Gasteiger charge is 2.26. The smallest absolute Gasteiger partial charge is 0.193 e. The van der Waals surface area contributed by atoms with Crippen LogP contribution in [0.25, 0.3) is 0 Å². The van der Waals surface area contributed by atoms with Gasteiger partial charge in [-0.1, -0.05) is 37.3 Å². The van der Waals surface area contributed by atoms with E-state index >= 15 is 0 Å². The largest absolute Gasteiger partial charge is 0.354 e. The molecule has 1 aromatic heterocycles. The first-order valence-corrected chi connectivity index (χ1v) is 11.2. The minimum absolute atomic E-state index is 0. The first-order chi connectivity index (χ1) is 14.8. The van der Waals surface area contributed by atoms with Gasteiger partial charge in [0.25, 0.3) is 0 Å². The van der Waals surface area contributed by atoms with Crippen LogP contribution in [-0.2, 0) is 6.54 Å². The predicted molar refractivity (Wildman–Crippen MR) is 140 cm³/mol. The highest BCUT2D eigenvalue weighted by molar-refractivity contribution is 14.0. The van der Waals surface area contributed by atoms with Crippen molar-refractivity contribution in [3.05, 3.63) is 59.8 Å². The molecule has 0 aliphatic carbocycles. The van der Waals surface area contributed by atoms with Crippen molar-refractivity contribution in [3.8, 4) is 0 Å². The lowest BCUT2D eigenvalue weighted by molar-refractivity contribution is 0.270. The van der Waals surface area contributed by atoms with Gasteiger partial charge in [0.2, 0.25) is 0 Å². The number of hydrogen-bond acceptors (Lipinski definition) is 4. The molecule has 0 radical (unpaired) electrons. The number of likely N-dealkylation sites (tertiary alicyclic amines) is 1. The maximum Gasteiger partial charge on any atom is 0.193 e. The van der Waals surface area contributed by atoms with Crippen LogP contribution in [0.15, 0.2) is 53.7 Å². The summed E-state index contributed by atoms with van der Waals surface area (Å²) in [4.78, 5) is 16.4. The number of benzene rings is 1. The van der Waals surface area contributed by atoms with Crippen molar-refractivity contribution in [2.45, 2.75) is 25.8 Å². The van der Waals surface area contributed by atoms with E-state index in [1.54, 1.807) is 0 Å². The number of nitrogens with zero attached hydrogens (tertiary/aromatic N) is 5. The fraction of sp³-hybridized carbons (Fsp3) is 0.500. The van der Waals surface area contributed by atoms with Crippen molar-refractivity contribution in [3.63, 3.8) is 0 Å². The number of pyridine rings is 1.